The zero-order valence-corrected chi connectivity index (χ0v) is 18.0. The zero-order valence-electron chi connectivity index (χ0n) is 16.5. The van der Waals surface area contributed by atoms with Crippen LogP contribution in [0.3, 0.4) is 0 Å². The summed E-state index contributed by atoms with van der Waals surface area (Å²) in [5.41, 5.74) is 3.36. The van der Waals surface area contributed by atoms with Gasteiger partial charge in [0, 0.05) is 37.1 Å². The van der Waals surface area contributed by atoms with Crippen molar-refractivity contribution in [2.24, 2.45) is 0 Å². The summed E-state index contributed by atoms with van der Waals surface area (Å²) in [5.74, 6) is -0.283. The highest BCUT2D eigenvalue weighted by Crippen LogP contribution is 2.21. The molecule has 0 aliphatic carbocycles. The Hall–Kier alpha value is -2.97. The minimum absolute atomic E-state index is 0.0815. The van der Waals surface area contributed by atoms with E-state index in [4.69, 9.17) is 16.3 Å². The van der Waals surface area contributed by atoms with Gasteiger partial charge in [-0.2, -0.15) is 0 Å². The van der Waals surface area contributed by atoms with E-state index in [1.165, 1.54) is 23.5 Å². The van der Waals surface area contributed by atoms with Crippen LogP contribution in [-0.4, -0.2) is 52.8 Å². The molecule has 31 heavy (non-hydrogen) atoms. The summed E-state index contributed by atoms with van der Waals surface area (Å²) in [7, 11) is 0. The summed E-state index contributed by atoms with van der Waals surface area (Å²) in [6.07, 6.45) is 0. The summed E-state index contributed by atoms with van der Waals surface area (Å²) in [6.45, 7) is 1.88. The number of piperazine rings is 1. The predicted octanol–water partition coefficient (Wildman–Crippen LogP) is 4.11. The van der Waals surface area contributed by atoms with E-state index in [0.29, 0.717) is 44.1 Å². The average molecular weight is 460 g/mol. The lowest BCUT2D eigenvalue weighted by atomic mass is 10.1. The molecule has 3 aromatic rings. The van der Waals surface area contributed by atoms with E-state index in [1.54, 1.807) is 39.6 Å². The first-order valence-corrected chi connectivity index (χ1v) is 11.0. The lowest BCUT2D eigenvalue weighted by Crippen LogP contribution is -2.50. The number of aromatic nitrogens is 1. The third-order valence-electron chi connectivity index (χ3n) is 4.97. The van der Waals surface area contributed by atoms with Crippen LogP contribution in [0.15, 0.2) is 53.4 Å². The SMILES string of the molecule is O=C(c1cccc(OCc2cscn2)c1)N1CCN(C(=O)c2ccc(F)cc2Cl)CC1. The fourth-order valence-electron chi connectivity index (χ4n) is 3.31. The number of carbonyl (C=O) groups is 2. The maximum Gasteiger partial charge on any atom is 0.255 e. The summed E-state index contributed by atoms with van der Waals surface area (Å²) >= 11 is 7.51. The van der Waals surface area contributed by atoms with E-state index in [-0.39, 0.29) is 22.4 Å². The topological polar surface area (TPSA) is 62.7 Å². The van der Waals surface area contributed by atoms with Gasteiger partial charge < -0.3 is 14.5 Å². The van der Waals surface area contributed by atoms with Gasteiger partial charge in [0.2, 0.25) is 0 Å². The standard InChI is InChI=1S/C22H19ClFN3O3S/c23-20-11-16(24)4-5-19(20)22(29)27-8-6-26(7-9-27)21(28)15-2-1-3-18(10-15)30-12-17-13-31-14-25-17/h1-5,10-11,13-14H,6-9,12H2. The first-order chi connectivity index (χ1) is 15.0. The summed E-state index contributed by atoms with van der Waals surface area (Å²) in [4.78, 5) is 33.1. The van der Waals surface area contributed by atoms with Crippen molar-refractivity contribution in [1.29, 1.82) is 0 Å². The molecule has 160 valence electrons. The molecule has 0 N–H and O–H groups in total. The van der Waals surface area contributed by atoms with Crippen molar-refractivity contribution in [2.75, 3.05) is 26.2 Å². The maximum atomic E-state index is 13.2. The molecule has 2 heterocycles. The molecule has 0 saturated carbocycles. The van der Waals surface area contributed by atoms with E-state index in [0.717, 1.165) is 11.8 Å². The fraction of sp³-hybridized carbons (Fsp3) is 0.227. The van der Waals surface area contributed by atoms with Crippen molar-refractivity contribution in [3.63, 3.8) is 0 Å². The maximum absolute atomic E-state index is 13.2. The second-order valence-corrected chi connectivity index (χ2v) is 8.13. The molecule has 1 fully saturated rings. The Morgan fingerprint density at radius 1 is 1.06 bits per heavy atom. The van der Waals surface area contributed by atoms with Crippen LogP contribution in [0.25, 0.3) is 0 Å². The van der Waals surface area contributed by atoms with Crippen LogP contribution in [0.4, 0.5) is 4.39 Å². The Labute approximate surface area is 187 Å². The molecular weight excluding hydrogens is 441 g/mol. The van der Waals surface area contributed by atoms with Crippen LogP contribution in [0.2, 0.25) is 5.02 Å². The van der Waals surface area contributed by atoms with Crippen LogP contribution >= 0.6 is 22.9 Å². The molecule has 0 unspecified atom stereocenters. The molecule has 0 radical (unpaired) electrons. The zero-order chi connectivity index (χ0) is 21.8. The number of benzene rings is 2. The lowest BCUT2D eigenvalue weighted by Gasteiger charge is -2.35. The first-order valence-electron chi connectivity index (χ1n) is 9.65. The molecule has 1 aliphatic heterocycles. The highest BCUT2D eigenvalue weighted by molar-refractivity contribution is 7.07. The van der Waals surface area contributed by atoms with Gasteiger partial charge in [-0.25, -0.2) is 9.37 Å². The number of carbonyl (C=O) groups excluding carboxylic acids is 2. The third-order valence-corrected chi connectivity index (χ3v) is 5.91. The van der Waals surface area contributed by atoms with Gasteiger partial charge >= 0.3 is 0 Å². The minimum atomic E-state index is -0.491. The van der Waals surface area contributed by atoms with Crippen LogP contribution in [0, 0.1) is 5.82 Å². The van der Waals surface area contributed by atoms with Crippen molar-refractivity contribution >= 4 is 34.8 Å². The lowest BCUT2D eigenvalue weighted by molar-refractivity contribution is 0.0535. The Morgan fingerprint density at radius 3 is 2.48 bits per heavy atom. The van der Waals surface area contributed by atoms with E-state index in [9.17, 15) is 14.0 Å². The number of nitrogens with zero attached hydrogens (tertiary/aromatic N) is 3. The van der Waals surface area contributed by atoms with Crippen molar-refractivity contribution in [3.05, 3.63) is 81.0 Å². The molecule has 9 heteroatoms. The normalized spacial score (nSPS) is 13.9. The van der Waals surface area contributed by atoms with Crippen molar-refractivity contribution in [3.8, 4) is 5.75 Å². The van der Waals surface area contributed by atoms with Gasteiger partial charge in [0.25, 0.3) is 11.8 Å². The molecule has 1 saturated heterocycles. The summed E-state index contributed by atoms with van der Waals surface area (Å²) < 4.78 is 19.0. The molecule has 4 rings (SSSR count). The van der Waals surface area contributed by atoms with E-state index < -0.39 is 5.82 Å². The number of thiazole rings is 1. The Bertz CT molecular complexity index is 1090. The van der Waals surface area contributed by atoms with E-state index in [1.807, 2.05) is 5.38 Å². The van der Waals surface area contributed by atoms with Crippen LogP contribution in [-0.2, 0) is 6.61 Å². The number of ether oxygens (including phenoxy) is 1. The molecular formula is C22H19ClFN3O3S. The Balaban J connectivity index is 1.36. The largest absolute Gasteiger partial charge is 0.487 e. The smallest absolute Gasteiger partial charge is 0.255 e. The second kappa shape index (κ2) is 9.45. The number of halogens is 2. The van der Waals surface area contributed by atoms with E-state index >= 15 is 0 Å². The monoisotopic (exact) mass is 459 g/mol. The second-order valence-electron chi connectivity index (χ2n) is 7.00. The molecule has 0 atom stereocenters. The van der Waals surface area contributed by atoms with Gasteiger partial charge in [0.1, 0.15) is 18.2 Å². The van der Waals surface area contributed by atoms with Crippen LogP contribution < -0.4 is 4.74 Å². The number of hydrogen-bond donors (Lipinski definition) is 0. The van der Waals surface area contributed by atoms with Crippen LogP contribution in [0.5, 0.6) is 5.75 Å². The predicted molar refractivity (Wildman–Crippen MR) is 116 cm³/mol. The molecule has 0 spiro atoms. The third kappa shape index (κ3) is 5.03. The quantitative estimate of drug-likeness (QED) is 0.576. The van der Waals surface area contributed by atoms with Crippen molar-refractivity contribution in [2.45, 2.75) is 6.61 Å². The van der Waals surface area contributed by atoms with Gasteiger partial charge in [0.15, 0.2) is 0 Å². The fourth-order valence-corrected chi connectivity index (χ4v) is 4.10. The van der Waals surface area contributed by atoms with Gasteiger partial charge in [-0.3, -0.25) is 9.59 Å². The number of rotatable bonds is 5. The molecule has 1 aromatic heterocycles. The Morgan fingerprint density at radius 2 is 1.81 bits per heavy atom. The summed E-state index contributed by atoms with van der Waals surface area (Å²) in [5, 5.41) is 1.99. The minimum Gasteiger partial charge on any atom is -0.487 e. The highest BCUT2D eigenvalue weighted by Gasteiger charge is 2.26. The van der Waals surface area contributed by atoms with Crippen molar-refractivity contribution < 1.29 is 18.7 Å². The van der Waals surface area contributed by atoms with Crippen LogP contribution in [0.1, 0.15) is 26.4 Å². The van der Waals surface area contributed by atoms with E-state index in [2.05, 4.69) is 4.98 Å². The molecule has 6 nitrogen and oxygen atoms in total. The van der Waals surface area contributed by atoms with Gasteiger partial charge in [-0.1, -0.05) is 17.7 Å². The number of hydrogen-bond acceptors (Lipinski definition) is 5. The van der Waals surface area contributed by atoms with Gasteiger partial charge in [0.05, 0.1) is 21.8 Å². The molecule has 2 aromatic carbocycles. The molecule has 0 bridgehead atoms. The number of amides is 2. The van der Waals surface area contributed by atoms with Gasteiger partial charge in [-0.15, -0.1) is 11.3 Å². The molecule has 2 amide bonds. The summed E-state index contributed by atoms with van der Waals surface area (Å²) in [6, 6.07) is 10.7. The average Bonchev–Trinajstić information content (AvgIpc) is 3.31. The van der Waals surface area contributed by atoms with Crippen molar-refractivity contribution in [1.82, 2.24) is 14.8 Å². The first kappa shape index (κ1) is 21.3. The highest BCUT2D eigenvalue weighted by atomic mass is 35.5. The Kier molecular flexibility index (Phi) is 6.48. The molecule has 1 aliphatic rings. The van der Waals surface area contributed by atoms with Gasteiger partial charge in [-0.05, 0) is 36.4 Å².